The van der Waals surface area contributed by atoms with Gasteiger partial charge in [0, 0.05) is 44.4 Å². The number of rotatable bonds is 5. The SMILES string of the molecule is O=C1CN(c2ccc(CNC(=O)NC[C@@H]3CCOC3)cc2)CCN1. The first-order chi connectivity index (χ1) is 11.7. The predicted molar refractivity (Wildman–Crippen MR) is 90.8 cm³/mol. The Morgan fingerprint density at radius 3 is 2.83 bits per heavy atom. The summed E-state index contributed by atoms with van der Waals surface area (Å²) in [5.74, 6) is 0.480. The van der Waals surface area contributed by atoms with Crippen LogP contribution in [0, 0.1) is 5.92 Å². The third kappa shape index (κ3) is 4.61. The predicted octanol–water partition coefficient (Wildman–Crippen LogP) is 0.459. The van der Waals surface area contributed by atoms with E-state index in [1.165, 1.54) is 0 Å². The molecule has 2 fully saturated rings. The fourth-order valence-corrected chi connectivity index (χ4v) is 2.91. The fourth-order valence-electron chi connectivity index (χ4n) is 2.91. The molecule has 3 amide bonds. The van der Waals surface area contributed by atoms with Gasteiger partial charge in [0.25, 0.3) is 0 Å². The van der Waals surface area contributed by atoms with Crippen LogP contribution in [0.5, 0.6) is 0 Å². The lowest BCUT2D eigenvalue weighted by atomic mass is 10.1. The Balaban J connectivity index is 1.42. The summed E-state index contributed by atoms with van der Waals surface area (Å²) in [5, 5.41) is 8.56. The molecule has 0 radical (unpaired) electrons. The third-order valence-electron chi connectivity index (χ3n) is 4.37. The Morgan fingerprint density at radius 2 is 2.12 bits per heavy atom. The van der Waals surface area contributed by atoms with Gasteiger partial charge in [-0.1, -0.05) is 12.1 Å². The molecule has 0 saturated carbocycles. The molecule has 130 valence electrons. The van der Waals surface area contributed by atoms with Crippen LogP contribution in [0.1, 0.15) is 12.0 Å². The molecule has 7 heteroatoms. The molecule has 0 aliphatic carbocycles. The van der Waals surface area contributed by atoms with Gasteiger partial charge in [-0.15, -0.1) is 0 Å². The molecule has 24 heavy (non-hydrogen) atoms. The smallest absolute Gasteiger partial charge is 0.315 e. The number of piperazine rings is 1. The Morgan fingerprint density at radius 1 is 1.29 bits per heavy atom. The minimum Gasteiger partial charge on any atom is -0.381 e. The number of hydrogen-bond acceptors (Lipinski definition) is 4. The number of carbonyl (C=O) groups is 2. The van der Waals surface area contributed by atoms with Crippen molar-refractivity contribution in [3.63, 3.8) is 0 Å². The number of ether oxygens (including phenoxy) is 1. The van der Waals surface area contributed by atoms with Crippen molar-refractivity contribution in [2.75, 3.05) is 44.3 Å². The van der Waals surface area contributed by atoms with E-state index < -0.39 is 0 Å². The van der Waals surface area contributed by atoms with Gasteiger partial charge in [-0.25, -0.2) is 4.79 Å². The Labute approximate surface area is 141 Å². The maximum atomic E-state index is 11.8. The average molecular weight is 332 g/mol. The molecule has 3 rings (SSSR count). The van der Waals surface area contributed by atoms with E-state index in [4.69, 9.17) is 4.74 Å². The van der Waals surface area contributed by atoms with E-state index in [-0.39, 0.29) is 11.9 Å². The zero-order valence-corrected chi connectivity index (χ0v) is 13.7. The molecule has 1 atom stereocenters. The van der Waals surface area contributed by atoms with Crippen molar-refractivity contribution in [2.24, 2.45) is 5.92 Å². The first kappa shape index (κ1) is 16.6. The molecule has 1 aromatic carbocycles. The summed E-state index contributed by atoms with van der Waals surface area (Å²) >= 11 is 0. The maximum Gasteiger partial charge on any atom is 0.315 e. The first-order valence-electron chi connectivity index (χ1n) is 8.41. The number of urea groups is 1. The van der Waals surface area contributed by atoms with Crippen LogP contribution >= 0.6 is 0 Å². The van der Waals surface area contributed by atoms with Gasteiger partial charge in [-0.2, -0.15) is 0 Å². The molecule has 2 aliphatic heterocycles. The van der Waals surface area contributed by atoms with Crippen LogP contribution in [0.4, 0.5) is 10.5 Å². The number of nitrogens with zero attached hydrogens (tertiary/aromatic N) is 1. The molecule has 7 nitrogen and oxygen atoms in total. The monoisotopic (exact) mass is 332 g/mol. The van der Waals surface area contributed by atoms with E-state index in [1.54, 1.807) is 0 Å². The summed E-state index contributed by atoms with van der Waals surface area (Å²) in [7, 11) is 0. The third-order valence-corrected chi connectivity index (χ3v) is 4.37. The number of benzene rings is 1. The number of hydrogen-bond donors (Lipinski definition) is 3. The summed E-state index contributed by atoms with van der Waals surface area (Å²) in [6.45, 7) is 4.54. The molecule has 1 aromatic rings. The van der Waals surface area contributed by atoms with Crippen molar-refractivity contribution in [1.29, 1.82) is 0 Å². The Kier molecular flexibility index (Phi) is 5.53. The lowest BCUT2D eigenvalue weighted by Gasteiger charge is -2.28. The Hall–Kier alpha value is -2.28. The summed E-state index contributed by atoms with van der Waals surface area (Å²) in [5.41, 5.74) is 2.05. The molecular formula is C17H24N4O3. The fraction of sp³-hybridized carbons (Fsp3) is 0.529. The van der Waals surface area contributed by atoms with Crippen LogP contribution in [0.25, 0.3) is 0 Å². The largest absolute Gasteiger partial charge is 0.381 e. The average Bonchev–Trinajstić information content (AvgIpc) is 3.12. The second-order valence-electron chi connectivity index (χ2n) is 6.23. The second kappa shape index (κ2) is 8.01. The van der Waals surface area contributed by atoms with Gasteiger partial charge in [-0.05, 0) is 24.1 Å². The van der Waals surface area contributed by atoms with Crippen LogP contribution in [0.15, 0.2) is 24.3 Å². The van der Waals surface area contributed by atoms with Gasteiger partial charge < -0.3 is 25.6 Å². The zero-order chi connectivity index (χ0) is 16.8. The molecule has 2 heterocycles. The van der Waals surface area contributed by atoms with Crippen LogP contribution in [0.2, 0.25) is 0 Å². The summed E-state index contributed by atoms with van der Waals surface area (Å²) < 4.78 is 5.29. The number of carbonyl (C=O) groups excluding carboxylic acids is 2. The van der Waals surface area contributed by atoms with Gasteiger partial charge >= 0.3 is 6.03 Å². The Bertz CT molecular complexity index is 570. The van der Waals surface area contributed by atoms with E-state index in [1.807, 2.05) is 29.2 Å². The minimum atomic E-state index is -0.154. The highest BCUT2D eigenvalue weighted by atomic mass is 16.5. The number of nitrogens with one attached hydrogen (secondary N) is 3. The topological polar surface area (TPSA) is 82.7 Å². The van der Waals surface area contributed by atoms with Crippen LogP contribution in [-0.2, 0) is 16.1 Å². The van der Waals surface area contributed by atoms with Crippen molar-refractivity contribution in [2.45, 2.75) is 13.0 Å². The van der Waals surface area contributed by atoms with Crippen molar-refractivity contribution in [1.82, 2.24) is 16.0 Å². The van der Waals surface area contributed by atoms with Crippen molar-refractivity contribution in [3.8, 4) is 0 Å². The van der Waals surface area contributed by atoms with Gasteiger partial charge in [0.1, 0.15) is 0 Å². The van der Waals surface area contributed by atoms with Gasteiger partial charge in [0.05, 0.1) is 13.2 Å². The molecule has 2 aliphatic rings. The lowest BCUT2D eigenvalue weighted by Crippen LogP contribution is -2.47. The minimum absolute atomic E-state index is 0.0522. The second-order valence-corrected chi connectivity index (χ2v) is 6.23. The normalized spacial score (nSPS) is 20.6. The van der Waals surface area contributed by atoms with Crippen molar-refractivity contribution >= 4 is 17.6 Å². The first-order valence-corrected chi connectivity index (χ1v) is 8.41. The molecule has 0 unspecified atom stereocenters. The molecule has 0 aromatic heterocycles. The van der Waals surface area contributed by atoms with Gasteiger partial charge in [-0.3, -0.25) is 4.79 Å². The van der Waals surface area contributed by atoms with E-state index in [0.717, 1.165) is 37.4 Å². The van der Waals surface area contributed by atoms with Crippen LogP contribution in [0.3, 0.4) is 0 Å². The summed E-state index contributed by atoms with van der Waals surface area (Å²) in [6.07, 6.45) is 1.01. The van der Waals surface area contributed by atoms with E-state index in [2.05, 4.69) is 16.0 Å². The van der Waals surface area contributed by atoms with Crippen LogP contribution < -0.4 is 20.9 Å². The van der Waals surface area contributed by atoms with Crippen molar-refractivity contribution in [3.05, 3.63) is 29.8 Å². The highest BCUT2D eigenvalue weighted by Crippen LogP contribution is 2.16. The van der Waals surface area contributed by atoms with Crippen molar-refractivity contribution < 1.29 is 14.3 Å². The zero-order valence-electron chi connectivity index (χ0n) is 13.7. The maximum absolute atomic E-state index is 11.8. The van der Waals surface area contributed by atoms with Gasteiger partial charge in [0.2, 0.25) is 5.91 Å². The number of anilines is 1. The van der Waals surface area contributed by atoms with E-state index in [9.17, 15) is 9.59 Å². The van der Waals surface area contributed by atoms with Crippen LogP contribution in [-0.4, -0.2) is 51.3 Å². The molecule has 3 N–H and O–H groups in total. The molecular weight excluding hydrogens is 308 g/mol. The summed E-state index contributed by atoms with van der Waals surface area (Å²) in [6, 6.07) is 7.78. The summed E-state index contributed by atoms with van der Waals surface area (Å²) in [4.78, 5) is 25.3. The highest BCUT2D eigenvalue weighted by molar-refractivity contribution is 5.82. The number of amides is 3. The van der Waals surface area contributed by atoms with E-state index in [0.29, 0.717) is 32.1 Å². The molecule has 0 spiro atoms. The van der Waals surface area contributed by atoms with E-state index >= 15 is 0 Å². The molecule has 0 bridgehead atoms. The highest BCUT2D eigenvalue weighted by Gasteiger charge is 2.17. The lowest BCUT2D eigenvalue weighted by molar-refractivity contribution is -0.120. The standard InChI is InChI=1S/C17H24N4O3/c22-16-11-21(7-6-18-16)15-3-1-13(2-4-15)9-19-17(23)20-10-14-5-8-24-12-14/h1-4,14H,5-12H2,(H,18,22)(H2,19,20,23)/t14-/m0/s1. The van der Waals surface area contributed by atoms with Gasteiger partial charge in [0.15, 0.2) is 0 Å². The quantitative estimate of drug-likeness (QED) is 0.731. The molecule has 2 saturated heterocycles.